The molecule has 2 rings (SSSR count). The third-order valence-corrected chi connectivity index (χ3v) is 2.62. The maximum atomic E-state index is 9.69. The Morgan fingerprint density at radius 1 is 1.37 bits per heavy atom. The molecule has 1 atom stereocenters. The van der Waals surface area contributed by atoms with Gasteiger partial charge in [0.2, 0.25) is 0 Å². The first kappa shape index (κ1) is 14.0. The molecule has 0 amide bonds. The first-order valence-corrected chi connectivity index (χ1v) is 6.38. The highest BCUT2D eigenvalue weighted by Crippen LogP contribution is 2.16. The third kappa shape index (κ3) is 3.79. The van der Waals surface area contributed by atoms with Crippen LogP contribution in [0.1, 0.15) is 13.8 Å². The van der Waals surface area contributed by atoms with Crippen molar-refractivity contribution in [3.05, 3.63) is 23.2 Å². The van der Waals surface area contributed by atoms with Gasteiger partial charge >= 0.3 is 0 Å². The summed E-state index contributed by atoms with van der Waals surface area (Å²) >= 11 is 5.90. The van der Waals surface area contributed by atoms with E-state index in [-0.39, 0.29) is 19.3 Å². The molecule has 0 bridgehead atoms. The topological polar surface area (TPSA) is 69.4 Å². The standard InChI is InChI=1S/C12H16ClN3O3/c1-8(2)18-6-10(17)7-19-16-12-5-9(13)3-4-11(12)14-15-16/h3-5,8,10,17H,6-7H2,1-2H3/t10-/m0/s1. The lowest BCUT2D eigenvalue weighted by atomic mass is 10.3. The summed E-state index contributed by atoms with van der Waals surface area (Å²) in [4.78, 5) is 6.61. The number of hydrogen-bond acceptors (Lipinski definition) is 5. The molecule has 1 heterocycles. The summed E-state index contributed by atoms with van der Waals surface area (Å²) in [6.07, 6.45) is -0.651. The van der Waals surface area contributed by atoms with Crippen LogP contribution in [0.3, 0.4) is 0 Å². The first-order valence-electron chi connectivity index (χ1n) is 6.00. The molecule has 19 heavy (non-hydrogen) atoms. The zero-order valence-electron chi connectivity index (χ0n) is 10.8. The Bertz CT molecular complexity index is 544. The van der Waals surface area contributed by atoms with Crippen LogP contribution in [0.4, 0.5) is 0 Å². The molecule has 0 aliphatic rings. The lowest BCUT2D eigenvalue weighted by Crippen LogP contribution is -2.29. The number of hydrogen-bond donors (Lipinski definition) is 1. The van der Waals surface area contributed by atoms with Gasteiger partial charge in [-0.25, -0.2) is 0 Å². The summed E-state index contributed by atoms with van der Waals surface area (Å²) < 4.78 is 5.28. The molecule has 0 aliphatic carbocycles. The Labute approximate surface area is 115 Å². The number of aliphatic hydroxyl groups is 1. The summed E-state index contributed by atoms with van der Waals surface area (Å²) in [6, 6.07) is 5.19. The predicted molar refractivity (Wildman–Crippen MR) is 71.1 cm³/mol. The van der Waals surface area contributed by atoms with E-state index in [2.05, 4.69) is 10.3 Å². The van der Waals surface area contributed by atoms with Gasteiger partial charge in [-0.05, 0) is 37.3 Å². The van der Waals surface area contributed by atoms with E-state index in [4.69, 9.17) is 21.2 Å². The minimum Gasteiger partial charge on any atom is -0.392 e. The second kappa shape index (κ2) is 6.18. The maximum Gasteiger partial charge on any atom is 0.145 e. The average molecular weight is 286 g/mol. The summed E-state index contributed by atoms with van der Waals surface area (Å²) in [5.41, 5.74) is 1.33. The largest absolute Gasteiger partial charge is 0.392 e. The lowest BCUT2D eigenvalue weighted by Gasteiger charge is -2.13. The number of halogens is 1. The molecule has 1 aromatic carbocycles. The van der Waals surface area contributed by atoms with Crippen LogP contribution in [0.5, 0.6) is 0 Å². The third-order valence-electron chi connectivity index (χ3n) is 2.39. The number of aromatic nitrogens is 3. The van der Waals surface area contributed by atoms with Gasteiger partial charge in [0.25, 0.3) is 0 Å². The molecule has 2 aromatic rings. The molecule has 1 aromatic heterocycles. The second-order valence-corrected chi connectivity index (χ2v) is 4.86. The number of aliphatic hydroxyl groups excluding tert-OH is 1. The summed E-state index contributed by atoms with van der Waals surface area (Å²) in [6.45, 7) is 4.09. The van der Waals surface area contributed by atoms with Crippen molar-refractivity contribution in [2.24, 2.45) is 0 Å². The molecule has 0 fully saturated rings. The van der Waals surface area contributed by atoms with Gasteiger partial charge in [-0.3, -0.25) is 0 Å². The Morgan fingerprint density at radius 2 is 2.16 bits per heavy atom. The Morgan fingerprint density at radius 3 is 2.89 bits per heavy atom. The van der Waals surface area contributed by atoms with Gasteiger partial charge in [0.05, 0.1) is 12.7 Å². The van der Waals surface area contributed by atoms with Crippen molar-refractivity contribution < 1.29 is 14.7 Å². The van der Waals surface area contributed by atoms with Gasteiger partial charge in [0, 0.05) is 5.02 Å². The Balaban J connectivity index is 1.96. The number of rotatable bonds is 6. The molecular weight excluding hydrogens is 270 g/mol. The molecule has 1 N–H and O–H groups in total. The zero-order chi connectivity index (χ0) is 13.8. The lowest BCUT2D eigenvalue weighted by molar-refractivity contribution is -0.0433. The van der Waals surface area contributed by atoms with E-state index in [0.29, 0.717) is 16.1 Å². The maximum absolute atomic E-state index is 9.69. The average Bonchev–Trinajstić information content (AvgIpc) is 2.76. The highest BCUT2D eigenvalue weighted by molar-refractivity contribution is 6.31. The smallest absolute Gasteiger partial charge is 0.145 e. The minimum absolute atomic E-state index is 0.0672. The van der Waals surface area contributed by atoms with E-state index >= 15 is 0 Å². The summed E-state index contributed by atoms with van der Waals surface area (Å²) in [5.74, 6) is 0. The van der Waals surface area contributed by atoms with Gasteiger partial charge in [0.15, 0.2) is 0 Å². The second-order valence-electron chi connectivity index (χ2n) is 4.43. The van der Waals surface area contributed by atoms with Crippen LogP contribution in [0, 0.1) is 0 Å². The summed E-state index contributed by atoms with van der Waals surface area (Å²) in [7, 11) is 0. The fourth-order valence-electron chi connectivity index (χ4n) is 1.47. The fraction of sp³-hybridized carbons (Fsp3) is 0.500. The van der Waals surface area contributed by atoms with Crippen molar-refractivity contribution in [1.82, 2.24) is 15.2 Å². The number of fused-ring (bicyclic) bond motifs is 1. The van der Waals surface area contributed by atoms with Crippen LogP contribution in [0.2, 0.25) is 5.02 Å². The molecule has 0 radical (unpaired) electrons. The van der Waals surface area contributed by atoms with E-state index in [1.165, 1.54) is 4.85 Å². The highest BCUT2D eigenvalue weighted by atomic mass is 35.5. The number of ether oxygens (including phenoxy) is 1. The van der Waals surface area contributed by atoms with Gasteiger partial charge in [-0.15, -0.1) is 5.10 Å². The zero-order valence-corrected chi connectivity index (χ0v) is 11.5. The van der Waals surface area contributed by atoms with E-state index in [9.17, 15) is 5.11 Å². The molecular formula is C12H16ClN3O3. The first-order chi connectivity index (χ1) is 9.06. The van der Waals surface area contributed by atoms with Crippen LogP contribution in [-0.2, 0) is 4.74 Å². The van der Waals surface area contributed by atoms with Gasteiger partial charge in [-0.1, -0.05) is 16.4 Å². The Kier molecular flexibility index (Phi) is 4.57. The van der Waals surface area contributed by atoms with Crippen molar-refractivity contribution >= 4 is 22.6 Å². The Hall–Kier alpha value is -1.37. The van der Waals surface area contributed by atoms with E-state index in [1.807, 2.05) is 13.8 Å². The van der Waals surface area contributed by atoms with Crippen LogP contribution in [0.25, 0.3) is 11.0 Å². The monoisotopic (exact) mass is 285 g/mol. The molecule has 6 nitrogen and oxygen atoms in total. The number of benzene rings is 1. The van der Waals surface area contributed by atoms with Crippen molar-refractivity contribution in [3.8, 4) is 0 Å². The SMILES string of the molecule is CC(C)OC[C@H](O)COn1nnc2ccc(Cl)cc21. The fourth-order valence-corrected chi connectivity index (χ4v) is 1.64. The van der Waals surface area contributed by atoms with Gasteiger partial charge in [0.1, 0.15) is 23.7 Å². The predicted octanol–water partition coefficient (Wildman–Crippen LogP) is 1.30. The van der Waals surface area contributed by atoms with Crippen molar-refractivity contribution in [2.45, 2.75) is 26.1 Å². The normalized spacial score (nSPS) is 13.1. The molecule has 104 valence electrons. The van der Waals surface area contributed by atoms with E-state index in [1.54, 1.807) is 18.2 Å². The molecule has 0 saturated carbocycles. The molecule has 7 heteroatoms. The molecule has 0 saturated heterocycles. The minimum atomic E-state index is -0.721. The quantitative estimate of drug-likeness (QED) is 0.866. The van der Waals surface area contributed by atoms with Gasteiger partial charge < -0.3 is 14.7 Å². The summed E-state index contributed by atoms with van der Waals surface area (Å²) in [5, 5.41) is 18.0. The molecule has 0 unspecified atom stereocenters. The highest BCUT2D eigenvalue weighted by Gasteiger charge is 2.10. The molecule has 0 aliphatic heterocycles. The van der Waals surface area contributed by atoms with E-state index in [0.717, 1.165) is 0 Å². The van der Waals surface area contributed by atoms with Crippen LogP contribution < -0.4 is 4.84 Å². The van der Waals surface area contributed by atoms with Crippen LogP contribution in [0.15, 0.2) is 18.2 Å². The van der Waals surface area contributed by atoms with Crippen LogP contribution in [-0.4, -0.2) is 45.7 Å². The number of nitrogens with zero attached hydrogens (tertiary/aromatic N) is 3. The van der Waals surface area contributed by atoms with Crippen molar-refractivity contribution in [3.63, 3.8) is 0 Å². The molecule has 0 spiro atoms. The van der Waals surface area contributed by atoms with Crippen molar-refractivity contribution in [2.75, 3.05) is 13.2 Å². The van der Waals surface area contributed by atoms with E-state index < -0.39 is 6.10 Å². The van der Waals surface area contributed by atoms with Crippen molar-refractivity contribution in [1.29, 1.82) is 0 Å². The van der Waals surface area contributed by atoms with Crippen LogP contribution >= 0.6 is 11.6 Å². The van der Waals surface area contributed by atoms with Gasteiger partial charge in [-0.2, -0.15) is 0 Å².